The Bertz CT molecular complexity index is 950. The minimum Gasteiger partial charge on any atom is -0.464 e. The van der Waals surface area contributed by atoms with Crippen LogP contribution in [0.1, 0.15) is 34.6 Å². The Morgan fingerprint density at radius 2 is 1.14 bits per heavy atom. The number of hydrogen-bond donors (Lipinski definition) is 2. The summed E-state index contributed by atoms with van der Waals surface area (Å²) in [5.41, 5.74) is 1.56. The fourth-order valence-electron chi connectivity index (χ4n) is 3.00. The van der Waals surface area contributed by atoms with Crippen molar-refractivity contribution in [2.45, 2.75) is 25.9 Å². The van der Waals surface area contributed by atoms with E-state index in [1.807, 2.05) is 12.5 Å². The van der Waals surface area contributed by atoms with Gasteiger partial charge in [-0.05, 0) is 50.6 Å². The summed E-state index contributed by atoms with van der Waals surface area (Å²) >= 11 is 2.84. The maximum atomic E-state index is 12.6. The molecule has 0 saturated carbocycles. The van der Waals surface area contributed by atoms with E-state index < -0.39 is 35.8 Å². The van der Waals surface area contributed by atoms with Crippen LogP contribution < -0.4 is 10.6 Å². The molecule has 0 radical (unpaired) electrons. The van der Waals surface area contributed by atoms with Crippen molar-refractivity contribution in [1.29, 1.82) is 0 Å². The van der Waals surface area contributed by atoms with E-state index in [0.717, 1.165) is 0 Å². The van der Waals surface area contributed by atoms with Crippen LogP contribution in [-0.2, 0) is 19.1 Å². The van der Waals surface area contributed by atoms with Crippen molar-refractivity contribution >= 4 is 47.3 Å². The predicted octanol–water partition coefficient (Wildman–Crippen LogP) is 2.19. The van der Waals surface area contributed by atoms with Crippen molar-refractivity contribution in [2.24, 2.45) is 0 Å². The zero-order chi connectivity index (χ0) is 26.5. The molecule has 0 aromatic carbocycles. The summed E-state index contributed by atoms with van der Waals surface area (Å²) < 4.78 is 10.0. The van der Waals surface area contributed by atoms with Gasteiger partial charge in [0.15, 0.2) is 0 Å². The Kier molecular flexibility index (Phi) is 12.2. The molecule has 2 amide bonds. The van der Waals surface area contributed by atoms with Crippen molar-refractivity contribution in [3.05, 3.63) is 47.8 Å². The van der Waals surface area contributed by atoms with Crippen molar-refractivity contribution in [3.63, 3.8) is 0 Å². The van der Waals surface area contributed by atoms with Crippen LogP contribution in [-0.4, -0.2) is 83.0 Å². The number of hydrogen-bond acceptors (Lipinski definition) is 10. The number of esters is 2. The van der Waals surface area contributed by atoms with Crippen LogP contribution in [0.4, 0.5) is 0 Å². The monoisotopic (exact) mass is 534 g/mol. The predicted molar refractivity (Wildman–Crippen MR) is 140 cm³/mol. The largest absolute Gasteiger partial charge is 0.464 e. The minimum atomic E-state index is -0.758. The van der Waals surface area contributed by atoms with Gasteiger partial charge in [0.05, 0.1) is 35.7 Å². The normalized spacial score (nSPS) is 12.2. The molecular formula is C24H30N4O6S2. The van der Waals surface area contributed by atoms with E-state index in [1.165, 1.54) is 35.9 Å². The summed E-state index contributed by atoms with van der Waals surface area (Å²) in [7, 11) is 0. The Balaban J connectivity index is 2.06. The SMILES string of the molecule is CCOC(=O)C(CSC)NC(=O)c1ccc(-c2ccc(C(=O)NC(CSC)C(=O)OCC)cn2)nc1. The summed E-state index contributed by atoms with van der Waals surface area (Å²) in [6.07, 6.45) is 6.44. The number of amides is 2. The minimum absolute atomic E-state index is 0.229. The first-order valence-electron chi connectivity index (χ1n) is 11.2. The summed E-state index contributed by atoms with van der Waals surface area (Å²) in [5.74, 6) is -1.08. The first kappa shape index (κ1) is 29.1. The van der Waals surface area contributed by atoms with Gasteiger partial charge in [-0.2, -0.15) is 23.5 Å². The second-order valence-corrected chi connectivity index (χ2v) is 9.15. The quantitative estimate of drug-likeness (QED) is 0.368. The number of carbonyl (C=O) groups is 4. The number of nitrogens with one attached hydrogen (secondary N) is 2. The third-order valence-corrected chi connectivity index (χ3v) is 6.07. The van der Waals surface area contributed by atoms with Gasteiger partial charge < -0.3 is 20.1 Å². The maximum Gasteiger partial charge on any atom is 0.329 e. The smallest absolute Gasteiger partial charge is 0.329 e. The van der Waals surface area contributed by atoms with Gasteiger partial charge in [0.25, 0.3) is 11.8 Å². The average molecular weight is 535 g/mol. The van der Waals surface area contributed by atoms with Crippen LogP contribution >= 0.6 is 23.5 Å². The van der Waals surface area contributed by atoms with E-state index in [0.29, 0.717) is 22.9 Å². The summed E-state index contributed by atoms with van der Waals surface area (Å²) in [4.78, 5) is 57.8. The number of pyridine rings is 2. The standard InChI is InChI=1S/C24H30N4O6S2/c1-5-33-23(31)19(13-35-3)27-21(29)15-7-9-17(25-11-15)18-10-8-16(12-26-18)22(30)28-20(14-36-4)24(32)34-6-2/h7-12,19-20H,5-6,13-14H2,1-4H3,(H,27,29)(H,28,30). The zero-order valence-electron chi connectivity index (χ0n) is 20.6. The molecule has 2 aromatic heterocycles. The molecule has 10 nitrogen and oxygen atoms in total. The highest BCUT2D eigenvalue weighted by Gasteiger charge is 2.23. The molecule has 36 heavy (non-hydrogen) atoms. The second kappa shape index (κ2) is 15.1. The molecule has 2 N–H and O–H groups in total. The Morgan fingerprint density at radius 3 is 1.42 bits per heavy atom. The number of thioether (sulfide) groups is 2. The van der Waals surface area contributed by atoms with E-state index in [9.17, 15) is 19.2 Å². The Morgan fingerprint density at radius 1 is 0.750 bits per heavy atom. The van der Waals surface area contributed by atoms with E-state index in [2.05, 4.69) is 20.6 Å². The Hall–Kier alpha value is -3.12. The molecule has 0 spiro atoms. The highest BCUT2D eigenvalue weighted by Crippen LogP contribution is 2.15. The average Bonchev–Trinajstić information content (AvgIpc) is 2.88. The van der Waals surface area contributed by atoms with Gasteiger partial charge >= 0.3 is 11.9 Å². The lowest BCUT2D eigenvalue weighted by molar-refractivity contribution is -0.145. The van der Waals surface area contributed by atoms with E-state index in [1.54, 1.807) is 38.1 Å². The summed E-state index contributed by atoms with van der Waals surface area (Å²) in [6.45, 7) is 3.87. The van der Waals surface area contributed by atoms with Gasteiger partial charge in [-0.25, -0.2) is 9.59 Å². The van der Waals surface area contributed by atoms with Gasteiger partial charge in [0, 0.05) is 23.9 Å². The van der Waals surface area contributed by atoms with E-state index in [-0.39, 0.29) is 24.3 Å². The molecule has 2 heterocycles. The summed E-state index contributed by atoms with van der Waals surface area (Å²) in [5, 5.41) is 5.34. The van der Waals surface area contributed by atoms with Crippen molar-refractivity contribution in [2.75, 3.05) is 37.2 Å². The van der Waals surface area contributed by atoms with Gasteiger partial charge in [0.2, 0.25) is 0 Å². The number of carbonyl (C=O) groups excluding carboxylic acids is 4. The summed E-state index contributed by atoms with van der Waals surface area (Å²) in [6, 6.07) is 4.89. The molecule has 0 saturated heterocycles. The van der Waals surface area contributed by atoms with Crippen LogP contribution in [0.5, 0.6) is 0 Å². The third-order valence-electron chi connectivity index (χ3n) is 4.73. The molecule has 2 atom stereocenters. The lowest BCUT2D eigenvalue weighted by Crippen LogP contribution is -2.43. The molecule has 0 aliphatic heterocycles. The number of nitrogens with zero attached hydrogens (tertiary/aromatic N) is 2. The number of aromatic nitrogens is 2. The highest BCUT2D eigenvalue weighted by molar-refractivity contribution is 7.98. The second-order valence-electron chi connectivity index (χ2n) is 7.33. The molecule has 0 bridgehead atoms. The third kappa shape index (κ3) is 8.52. The van der Waals surface area contributed by atoms with Gasteiger partial charge in [-0.3, -0.25) is 19.6 Å². The molecule has 2 rings (SSSR count). The topological polar surface area (TPSA) is 137 Å². The highest BCUT2D eigenvalue weighted by atomic mass is 32.2. The fraction of sp³-hybridized carbons (Fsp3) is 0.417. The van der Waals surface area contributed by atoms with Crippen molar-refractivity contribution in [3.8, 4) is 11.4 Å². The van der Waals surface area contributed by atoms with Gasteiger partial charge in [0.1, 0.15) is 12.1 Å². The fourth-order valence-corrected chi connectivity index (χ4v) is 4.10. The first-order chi connectivity index (χ1) is 17.3. The van der Waals surface area contributed by atoms with Crippen LogP contribution in [0, 0.1) is 0 Å². The molecule has 0 fully saturated rings. The molecule has 2 unspecified atom stereocenters. The van der Waals surface area contributed by atoms with E-state index in [4.69, 9.17) is 9.47 Å². The molecular weight excluding hydrogens is 504 g/mol. The Labute approximate surface area is 218 Å². The first-order valence-corrected chi connectivity index (χ1v) is 14.0. The molecule has 0 aliphatic carbocycles. The van der Waals surface area contributed by atoms with Crippen LogP contribution in [0.15, 0.2) is 36.7 Å². The zero-order valence-corrected chi connectivity index (χ0v) is 22.2. The maximum absolute atomic E-state index is 12.6. The van der Waals surface area contributed by atoms with Crippen LogP contribution in [0.2, 0.25) is 0 Å². The number of ether oxygens (including phenoxy) is 2. The van der Waals surface area contributed by atoms with Crippen molar-refractivity contribution < 1.29 is 28.7 Å². The van der Waals surface area contributed by atoms with E-state index >= 15 is 0 Å². The van der Waals surface area contributed by atoms with Gasteiger partial charge in [-0.1, -0.05) is 0 Å². The number of rotatable bonds is 13. The van der Waals surface area contributed by atoms with Crippen LogP contribution in [0.3, 0.4) is 0 Å². The molecule has 194 valence electrons. The van der Waals surface area contributed by atoms with Gasteiger partial charge in [-0.15, -0.1) is 0 Å². The lowest BCUT2D eigenvalue weighted by atomic mass is 10.1. The molecule has 0 aliphatic rings. The van der Waals surface area contributed by atoms with Crippen molar-refractivity contribution in [1.82, 2.24) is 20.6 Å². The lowest BCUT2D eigenvalue weighted by Gasteiger charge is -2.16. The molecule has 2 aromatic rings. The molecule has 12 heteroatoms. The van der Waals surface area contributed by atoms with Crippen LogP contribution in [0.25, 0.3) is 11.4 Å².